The molecule has 0 heterocycles. The quantitative estimate of drug-likeness (QED) is 0.928. The summed E-state index contributed by atoms with van der Waals surface area (Å²) >= 11 is 0. The molecule has 4 nitrogen and oxygen atoms in total. The second-order valence-electron chi connectivity index (χ2n) is 4.96. The van der Waals surface area contributed by atoms with E-state index in [1.165, 1.54) is 0 Å². The van der Waals surface area contributed by atoms with Gasteiger partial charge in [0.25, 0.3) is 10.0 Å². The maximum atomic E-state index is 13.4. The number of benzene rings is 1. The molecule has 2 rings (SSSR count). The maximum Gasteiger partial charge on any atom is 0.266 e. The third-order valence-electron chi connectivity index (χ3n) is 3.38. The third kappa shape index (κ3) is 3.53. The van der Waals surface area contributed by atoms with Crippen LogP contribution < -0.4 is 4.72 Å². The summed E-state index contributed by atoms with van der Waals surface area (Å²) in [6.07, 6.45) is 3.99. The summed E-state index contributed by atoms with van der Waals surface area (Å²) in [5, 5.41) is 0. The molecule has 1 aromatic carbocycles. The zero-order chi connectivity index (χ0) is 14.8. The zero-order valence-electron chi connectivity index (χ0n) is 10.7. The van der Waals surface area contributed by atoms with Gasteiger partial charge in [0, 0.05) is 12.5 Å². The van der Waals surface area contributed by atoms with Crippen molar-refractivity contribution in [3.63, 3.8) is 0 Å². The molecular formula is C13H15F2NO3S. The Morgan fingerprint density at radius 1 is 1.25 bits per heavy atom. The number of carbonyl (C=O) groups is 1. The van der Waals surface area contributed by atoms with Crippen molar-refractivity contribution in [3.05, 3.63) is 29.8 Å². The van der Waals surface area contributed by atoms with Gasteiger partial charge in [0.15, 0.2) is 0 Å². The average molecular weight is 303 g/mol. The summed E-state index contributed by atoms with van der Waals surface area (Å²) in [6.45, 7) is 0. The lowest BCUT2D eigenvalue weighted by atomic mass is 10.0. The Hall–Kier alpha value is -1.50. The topological polar surface area (TPSA) is 63.2 Å². The lowest BCUT2D eigenvalue weighted by Crippen LogP contribution is -2.32. The van der Waals surface area contributed by atoms with Crippen LogP contribution in [0.1, 0.15) is 32.1 Å². The van der Waals surface area contributed by atoms with Crippen molar-refractivity contribution in [1.82, 2.24) is 4.72 Å². The Morgan fingerprint density at radius 2 is 1.90 bits per heavy atom. The molecule has 1 saturated carbocycles. The molecule has 1 aliphatic rings. The molecule has 7 heteroatoms. The smallest absolute Gasteiger partial charge is 0.266 e. The van der Waals surface area contributed by atoms with Crippen LogP contribution in [0.5, 0.6) is 0 Å². The van der Waals surface area contributed by atoms with Gasteiger partial charge in [-0.2, -0.15) is 0 Å². The Balaban J connectivity index is 2.08. The predicted octanol–water partition coefficient (Wildman–Crippen LogP) is 2.35. The Bertz CT molecular complexity index is 610. The van der Waals surface area contributed by atoms with Gasteiger partial charge in [-0.3, -0.25) is 4.79 Å². The first-order chi connectivity index (χ1) is 9.38. The van der Waals surface area contributed by atoms with E-state index >= 15 is 0 Å². The minimum atomic E-state index is -4.29. The number of hydrogen-bond acceptors (Lipinski definition) is 3. The molecule has 0 saturated heterocycles. The molecule has 0 aromatic heterocycles. The number of nitrogens with one attached hydrogen (secondary N) is 1. The lowest BCUT2D eigenvalue weighted by molar-refractivity contribution is -0.120. The van der Waals surface area contributed by atoms with Gasteiger partial charge < -0.3 is 0 Å². The van der Waals surface area contributed by atoms with E-state index in [4.69, 9.17) is 0 Å². The predicted molar refractivity (Wildman–Crippen MR) is 68.3 cm³/mol. The van der Waals surface area contributed by atoms with Crippen LogP contribution in [-0.2, 0) is 14.8 Å². The summed E-state index contributed by atoms with van der Waals surface area (Å²) in [5.74, 6) is -2.56. The van der Waals surface area contributed by atoms with E-state index in [1.54, 1.807) is 0 Å². The first-order valence-electron chi connectivity index (χ1n) is 6.39. The number of halogens is 2. The van der Waals surface area contributed by atoms with E-state index in [1.807, 2.05) is 4.72 Å². The molecule has 0 bridgehead atoms. The van der Waals surface area contributed by atoms with Gasteiger partial charge in [0.05, 0.1) is 0 Å². The molecule has 20 heavy (non-hydrogen) atoms. The number of rotatable bonds is 4. The Morgan fingerprint density at radius 3 is 2.50 bits per heavy atom. The molecule has 110 valence electrons. The SMILES string of the molecule is O=C(CC1CCCC1)NS(=O)(=O)c1ccc(F)cc1F. The van der Waals surface area contributed by atoms with Crippen LogP contribution in [0.15, 0.2) is 23.1 Å². The van der Waals surface area contributed by atoms with Crippen LogP contribution in [0.2, 0.25) is 0 Å². The number of amides is 1. The minimum Gasteiger partial charge on any atom is -0.274 e. The van der Waals surface area contributed by atoms with E-state index < -0.39 is 32.5 Å². The summed E-state index contributed by atoms with van der Waals surface area (Å²) in [4.78, 5) is 11.0. The first kappa shape index (κ1) is 14.9. The molecule has 0 spiro atoms. The van der Waals surface area contributed by atoms with Gasteiger partial charge in [0.1, 0.15) is 16.5 Å². The van der Waals surface area contributed by atoms with Gasteiger partial charge in [0.2, 0.25) is 5.91 Å². The van der Waals surface area contributed by atoms with E-state index in [9.17, 15) is 22.0 Å². The van der Waals surface area contributed by atoms with E-state index in [2.05, 4.69) is 0 Å². The minimum absolute atomic E-state index is 0.113. The van der Waals surface area contributed by atoms with Gasteiger partial charge in [-0.05, 0) is 30.9 Å². The van der Waals surface area contributed by atoms with Crippen molar-refractivity contribution in [1.29, 1.82) is 0 Å². The highest BCUT2D eigenvalue weighted by atomic mass is 32.2. The monoisotopic (exact) mass is 303 g/mol. The van der Waals surface area contributed by atoms with Crippen molar-refractivity contribution in [2.24, 2.45) is 5.92 Å². The van der Waals surface area contributed by atoms with Crippen LogP contribution in [0, 0.1) is 17.6 Å². The molecule has 1 aliphatic carbocycles. The van der Waals surface area contributed by atoms with Crippen molar-refractivity contribution in [2.75, 3.05) is 0 Å². The van der Waals surface area contributed by atoms with E-state index in [0.717, 1.165) is 37.8 Å². The van der Waals surface area contributed by atoms with Crippen LogP contribution in [0.3, 0.4) is 0 Å². The molecule has 1 fully saturated rings. The molecule has 0 unspecified atom stereocenters. The highest BCUT2D eigenvalue weighted by molar-refractivity contribution is 7.90. The van der Waals surface area contributed by atoms with Crippen LogP contribution >= 0.6 is 0 Å². The van der Waals surface area contributed by atoms with Crippen LogP contribution in [0.25, 0.3) is 0 Å². The molecule has 0 atom stereocenters. The molecular weight excluding hydrogens is 288 g/mol. The summed E-state index contributed by atoms with van der Waals surface area (Å²) < 4.78 is 51.7. The number of hydrogen-bond donors (Lipinski definition) is 1. The van der Waals surface area contributed by atoms with Crippen molar-refractivity contribution < 1.29 is 22.0 Å². The number of sulfonamides is 1. The first-order valence-corrected chi connectivity index (χ1v) is 7.87. The summed E-state index contributed by atoms with van der Waals surface area (Å²) in [6, 6.07) is 2.10. The van der Waals surface area contributed by atoms with Gasteiger partial charge >= 0.3 is 0 Å². The Kier molecular flexibility index (Phi) is 4.37. The van der Waals surface area contributed by atoms with Gasteiger partial charge in [-0.25, -0.2) is 21.9 Å². The van der Waals surface area contributed by atoms with Gasteiger partial charge in [-0.1, -0.05) is 12.8 Å². The highest BCUT2D eigenvalue weighted by Crippen LogP contribution is 2.27. The highest BCUT2D eigenvalue weighted by Gasteiger charge is 2.24. The molecule has 1 amide bonds. The zero-order valence-corrected chi connectivity index (χ0v) is 11.6. The van der Waals surface area contributed by atoms with E-state index in [-0.39, 0.29) is 12.3 Å². The average Bonchev–Trinajstić information content (AvgIpc) is 2.79. The molecule has 1 aromatic rings. The second-order valence-corrected chi connectivity index (χ2v) is 6.61. The fourth-order valence-corrected chi connectivity index (χ4v) is 3.47. The number of carbonyl (C=O) groups excluding carboxylic acids is 1. The normalized spacial score (nSPS) is 16.3. The van der Waals surface area contributed by atoms with Crippen molar-refractivity contribution in [2.45, 2.75) is 37.0 Å². The standard InChI is InChI=1S/C13H15F2NO3S/c14-10-5-6-12(11(15)8-10)20(18,19)16-13(17)7-9-3-1-2-4-9/h5-6,8-9H,1-4,7H2,(H,16,17). The molecule has 1 N–H and O–H groups in total. The van der Waals surface area contributed by atoms with Crippen LogP contribution in [0.4, 0.5) is 8.78 Å². The summed E-state index contributed by atoms with van der Waals surface area (Å²) in [7, 11) is -4.29. The van der Waals surface area contributed by atoms with Crippen molar-refractivity contribution >= 4 is 15.9 Å². The fourth-order valence-electron chi connectivity index (χ4n) is 2.42. The lowest BCUT2D eigenvalue weighted by Gasteiger charge is -2.10. The van der Waals surface area contributed by atoms with Crippen LogP contribution in [-0.4, -0.2) is 14.3 Å². The van der Waals surface area contributed by atoms with E-state index in [0.29, 0.717) is 6.07 Å². The Labute approximate surface area is 116 Å². The summed E-state index contributed by atoms with van der Waals surface area (Å²) in [5.41, 5.74) is 0. The maximum absolute atomic E-state index is 13.4. The fraction of sp³-hybridized carbons (Fsp3) is 0.462. The second kappa shape index (κ2) is 5.87. The molecule has 0 radical (unpaired) electrons. The van der Waals surface area contributed by atoms with Crippen molar-refractivity contribution in [3.8, 4) is 0 Å². The van der Waals surface area contributed by atoms with Gasteiger partial charge in [-0.15, -0.1) is 0 Å². The molecule has 0 aliphatic heterocycles. The largest absolute Gasteiger partial charge is 0.274 e. The third-order valence-corrected chi connectivity index (χ3v) is 4.79.